The number of nitrogen functional groups attached to an aromatic ring is 1. The molecule has 0 heterocycles. The molecule has 0 aliphatic rings. The summed E-state index contributed by atoms with van der Waals surface area (Å²) in [6.07, 6.45) is 0. The van der Waals surface area contributed by atoms with Gasteiger partial charge in [0.15, 0.2) is 0 Å². The molecule has 0 radical (unpaired) electrons. The summed E-state index contributed by atoms with van der Waals surface area (Å²) < 4.78 is 29.0. The molecule has 0 fully saturated rings. The summed E-state index contributed by atoms with van der Waals surface area (Å²) in [5, 5.41) is 13.5. The zero-order valence-corrected chi connectivity index (χ0v) is 10.6. The molecule has 3 N–H and O–H groups in total. The zero-order chi connectivity index (χ0) is 15.4. The molecule has 0 atom stereocenters. The Labute approximate surface area is 118 Å². The first-order valence-corrected chi connectivity index (χ1v) is 5.82. The van der Waals surface area contributed by atoms with Gasteiger partial charge < -0.3 is 15.8 Å². The molecule has 0 unspecified atom stereocenters. The van der Waals surface area contributed by atoms with Crippen LogP contribution in [0.5, 0.6) is 5.75 Å². The molecule has 0 aliphatic carbocycles. The molecular formula is C13H11F2N3O3. The van der Waals surface area contributed by atoms with Crippen LogP contribution in [0.25, 0.3) is 0 Å². The molecule has 0 saturated carbocycles. The number of nitro benzene ring substituents is 1. The molecule has 2 rings (SSSR count). The number of ether oxygens (including phenoxy) is 1. The Bertz CT molecular complexity index is 665. The highest BCUT2D eigenvalue weighted by Crippen LogP contribution is 2.31. The molecule has 0 spiro atoms. The third-order valence-corrected chi connectivity index (χ3v) is 2.61. The largest absolute Gasteiger partial charge is 0.433 e. The van der Waals surface area contributed by atoms with E-state index in [1.807, 2.05) is 0 Å². The number of anilines is 3. The molecule has 0 aromatic heterocycles. The van der Waals surface area contributed by atoms with Crippen molar-refractivity contribution in [3.05, 3.63) is 52.6 Å². The average molecular weight is 295 g/mol. The van der Waals surface area contributed by atoms with Crippen molar-refractivity contribution in [3.63, 3.8) is 0 Å². The van der Waals surface area contributed by atoms with Gasteiger partial charge in [0.1, 0.15) is 11.4 Å². The Morgan fingerprint density at radius 1 is 1.24 bits per heavy atom. The average Bonchev–Trinajstić information content (AvgIpc) is 2.40. The van der Waals surface area contributed by atoms with E-state index >= 15 is 0 Å². The predicted octanol–water partition coefficient (Wildman–Crippen LogP) is 3.52. The van der Waals surface area contributed by atoms with Gasteiger partial charge in [-0.2, -0.15) is 8.78 Å². The standard InChI is InChI=1S/C13H11F2N3O3/c14-13(15)21-12-4-2-1-3-10(12)17-8-5-6-11(18(19)20)9(16)7-8/h1-7,13,17H,16H2. The van der Waals surface area contributed by atoms with Crippen molar-refractivity contribution >= 4 is 22.7 Å². The molecule has 0 saturated heterocycles. The van der Waals surface area contributed by atoms with Crippen LogP contribution in [0.2, 0.25) is 0 Å². The van der Waals surface area contributed by atoms with E-state index in [1.165, 1.54) is 30.3 Å². The molecular weight excluding hydrogens is 284 g/mol. The minimum Gasteiger partial charge on any atom is -0.433 e. The van der Waals surface area contributed by atoms with E-state index in [9.17, 15) is 18.9 Å². The lowest BCUT2D eigenvalue weighted by Gasteiger charge is -2.12. The van der Waals surface area contributed by atoms with E-state index in [0.717, 1.165) is 0 Å². The van der Waals surface area contributed by atoms with Gasteiger partial charge in [0.05, 0.1) is 10.6 Å². The SMILES string of the molecule is Nc1cc(Nc2ccccc2OC(F)F)ccc1[N+](=O)[O-]. The second-order valence-corrected chi connectivity index (χ2v) is 4.03. The number of hydrogen-bond donors (Lipinski definition) is 2. The van der Waals surface area contributed by atoms with Crippen LogP contribution in [0.15, 0.2) is 42.5 Å². The first-order valence-electron chi connectivity index (χ1n) is 5.82. The fraction of sp³-hybridized carbons (Fsp3) is 0.0769. The third kappa shape index (κ3) is 3.56. The van der Waals surface area contributed by atoms with Gasteiger partial charge >= 0.3 is 6.61 Å². The summed E-state index contributed by atoms with van der Waals surface area (Å²) in [5.74, 6) is -0.0376. The first kappa shape index (κ1) is 14.5. The number of rotatable bonds is 5. The number of halogens is 2. The maximum atomic E-state index is 12.3. The van der Waals surface area contributed by atoms with Crippen molar-refractivity contribution in [1.82, 2.24) is 0 Å². The minimum absolute atomic E-state index is 0.0303. The molecule has 21 heavy (non-hydrogen) atoms. The fourth-order valence-electron chi connectivity index (χ4n) is 1.72. The Morgan fingerprint density at radius 2 is 1.95 bits per heavy atom. The number of para-hydroxylation sites is 2. The molecule has 2 aromatic rings. The zero-order valence-electron chi connectivity index (χ0n) is 10.6. The molecule has 2 aromatic carbocycles. The first-order chi connectivity index (χ1) is 9.97. The summed E-state index contributed by atoms with van der Waals surface area (Å²) in [6.45, 7) is -2.95. The number of nitrogens with two attached hydrogens (primary N) is 1. The highest BCUT2D eigenvalue weighted by molar-refractivity contribution is 5.72. The fourth-order valence-corrected chi connectivity index (χ4v) is 1.72. The van der Waals surface area contributed by atoms with Crippen LogP contribution >= 0.6 is 0 Å². The van der Waals surface area contributed by atoms with Crippen molar-refractivity contribution in [2.45, 2.75) is 6.61 Å². The third-order valence-electron chi connectivity index (χ3n) is 2.61. The number of benzene rings is 2. The van der Waals surface area contributed by atoms with E-state index in [1.54, 1.807) is 12.1 Å². The lowest BCUT2D eigenvalue weighted by molar-refractivity contribution is -0.383. The maximum absolute atomic E-state index is 12.3. The normalized spacial score (nSPS) is 10.4. The van der Waals surface area contributed by atoms with Crippen LogP contribution in [0, 0.1) is 10.1 Å². The topological polar surface area (TPSA) is 90.4 Å². The molecule has 0 bridgehead atoms. The minimum atomic E-state index is -2.95. The van der Waals surface area contributed by atoms with E-state index in [4.69, 9.17) is 5.73 Å². The van der Waals surface area contributed by atoms with Crippen molar-refractivity contribution in [1.29, 1.82) is 0 Å². The number of hydrogen-bond acceptors (Lipinski definition) is 5. The number of nitro groups is 1. The molecule has 6 nitrogen and oxygen atoms in total. The van der Waals surface area contributed by atoms with Gasteiger partial charge in [-0.3, -0.25) is 10.1 Å². The Balaban J connectivity index is 2.26. The van der Waals surface area contributed by atoms with Gasteiger partial charge in [-0.25, -0.2) is 0 Å². The van der Waals surface area contributed by atoms with Gasteiger partial charge in [-0.05, 0) is 24.3 Å². The van der Waals surface area contributed by atoms with Crippen molar-refractivity contribution < 1.29 is 18.4 Å². The second-order valence-electron chi connectivity index (χ2n) is 4.03. The maximum Gasteiger partial charge on any atom is 0.387 e. The van der Waals surface area contributed by atoms with Crippen molar-refractivity contribution in [3.8, 4) is 5.75 Å². The van der Waals surface area contributed by atoms with E-state index in [2.05, 4.69) is 10.1 Å². The van der Waals surface area contributed by atoms with Crippen molar-refractivity contribution in [2.24, 2.45) is 0 Å². The molecule has 0 aliphatic heterocycles. The predicted molar refractivity (Wildman–Crippen MR) is 73.9 cm³/mol. The van der Waals surface area contributed by atoms with E-state index in [-0.39, 0.29) is 17.1 Å². The molecule has 0 amide bonds. The second kappa shape index (κ2) is 6.04. The van der Waals surface area contributed by atoms with Crippen LogP contribution in [0.1, 0.15) is 0 Å². The van der Waals surface area contributed by atoms with Crippen LogP contribution in [0.3, 0.4) is 0 Å². The van der Waals surface area contributed by atoms with Crippen LogP contribution < -0.4 is 15.8 Å². The van der Waals surface area contributed by atoms with Gasteiger partial charge in [0.25, 0.3) is 5.69 Å². The summed E-state index contributed by atoms with van der Waals surface area (Å²) in [7, 11) is 0. The van der Waals surface area contributed by atoms with E-state index < -0.39 is 11.5 Å². The molecule has 110 valence electrons. The lowest BCUT2D eigenvalue weighted by Crippen LogP contribution is -2.04. The number of nitrogens with one attached hydrogen (secondary N) is 1. The van der Waals surface area contributed by atoms with E-state index in [0.29, 0.717) is 11.4 Å². The monoisotopic (exact) mass is 295 g/mol. The Kier molecular flexibility index (Phi) is 4.17. The van der Waals surface area contributed by atoms with Crippen molar-refractivity contribution in [2.75, 3.05) is 11.1 Å². The smallest absolute Gasteiger partial charge is 0.387 e. The quantitative estimate of drug-likeness (QED) is 0.500. The number of nitrogens with zero attached hydrogens (tertiary/aromatic N) is 1. The van der Waals surface area contributed by atoms with Gasteiger partial charge in [-0.15, -0.1) is 0 Å². The summed E-state index contributed by atoms with van der Waals surface area (Å²) in [4.78, 5) is 10.1. The van der Waals surface area contributed by atoms with Gasteiger partial charge in [0, 0.05) is 11.8 Å². The summed E-state index contributed by atoms with van der Waals surface area (Å²) in [6, 6.07) is 10.1. The highest BCUT2D eigenvalue weighted by Gasteiger charge is 2.13. The van der Waals surface area contributed by atoms with Crippen LogP contribution in [0.4, 0.5) is 31.5 Å². The van der Waals surface area contributed by atoms with Gasteiger partial charge in [0.2, 0.25) is 0 Å². The Hall–Kier alpha value is -2.90. The Morgan fingerprint density at radius 3 is 2.57 bits per heavy atom. The molecule has 8 heteroatoms. The van der Waals surface area contributed by atoms with Crippen LogP contribution in [-0.4, -0.2) is 11.5 Å². The lowest BCUT2D eigenvalue weighted by atomic mass is 10.2. The summed E-state index contributed by atoms with van der Waals surface area (Å²) in [5.41, 5.74) is 6.02. The van der Waals surface area contributed by atoms with Crippen LogP contribution in [-0.2, 0) is 0 Å². The van der Waals surface area contributed by atoms with Gasteiger partial charge in [-0.1, -0.05) is 12.1 Å². The highest BCUT2D eigenvalue weighted by atomic mass is 19.3. The number of alkyl halides is 2. The summed E-state index contributed by atoms with van der Waals surface area (Å²) >= 11 is 0.